The molecule has 1 atom stereocenters. The van der Waals surface area contributed by atoms with Crippen LogP contribution in [-0.2, 0) is 13.1 Å². The second-order valence-electron chi connectivity index (χ2n) is 8.21. The van der Waals surface area contributed by atoms with E-state index in [0.29, 0.717) is 12.6 Å². The second kappa shape index (κ2) is 13.6. The van der Waals surface area contributed by atoms with Crippen molar-refractivity contribution < 1.29 is 0 Å². The summed E-state index contributed by atoms with van der Waals surface area (Å²) >= 11 is 0. The van der Waals surface area contributed by atoms with Gasteiger partial charge < -0.3 is 15.5 Å². The van der Waals surface area contributed by atoms with Crippen LogP contribution in [0, 0.1) is 0 Å². The minimum absolute atomic E-state index is 0.422. The molecule has 1 aromatic rings. The van der Waals surface area contributed by atoms with Crippen molar-refractivity contribution in [3.05, 3.63) is 35.4 Å². The van der Waals surface area contributed by atoms with Crippen LogP contribution in [0.1, 0.15) is 64.5 Å². The summed E-state index contributed by atoms with van der Waals surface area (Å²) in [5.41, 5.74) is 2.67. The molecule has 0 saturated carbocycles. The minimum atomic E-state index is 0.422. The summed E-state index contributed by atoms with van der Waals surface area (Å²) in [6, 6.07) is 9.41. The van der Waals surface area contributed by atoms with Gasteiger partial charge in [-0.1, -0.05) is 38.1 Å². The summed E-state index contributed by atoms with van der Waals surface area (Å²) in [7, 11) is 0. The van der Waals surface area contributed by atoms with Crippen molar-refractivity contribution in [2.75, 3.05) is 39.3 Å². The number of nitrogens with one attached hydrogen (secondary N) is 2. The molecule has 0 spiro atoms. The first-order valence-corrected chi connectivity index (χ1v) is 11.7. The normalized spacial score (nSPS) is 16.4. The van der Waals surface area contributed by atoms with Crippen molar-refractivity contribution in [1.29, 1.82) is 0 Å². The molecule has 1 heterocycles. The van der Waals surface area contributed by atoms with Gasteiger partial charge in [0.1, 0.15) is 0 Å². The van der Waals surface area contributed by atoms with Crippen LogP contribution in [0.2, 0.25) is 0 Å². The highest BCUT2D eigenvalue weighted by atomic mass is 15.2. The van der Waals surface area contributed by atoms with E-state index in [4.69, 9.17) is 4.99 Å². The number of benzene rings is 1. The first kappa shape index (κ1) is 23.7. The Bertz CT molecular complexity index is 573. The average molecular weight is 402 g/mol. The van der Waals surface area contributed by atoms with Crippen molar-refractivity contribution >= 4 is 5.96 Å². The lowest BCUT2D eigenvalue weighted by Crippen LogP contribution is -2.42. The van der Waals surface area contributed by atoms with Gasteiger partial charge in [0, 0.05) is 19.1 Å². The highest BCUT2D eigenvalue weighted by Crippen LogP contribution is 2.13. The Morgan fingerprint density at radius 1 is 1.07 bits per heavy atom. The standard InChI is InChI=1S/C24H43N5/c1-5-25-24(27-21(4)11-10-18-28(6-2)7-3)26-19-22-12-14-23(15-13-22)20-29-16-8-9-17-29/h12-15,21H,5-11,16-20H2,1-4H3,(H2,25,26,27). The second-order valence-corrected chi connectivity index (χ2v) is 8.21. The van der Waals surface area contributed by atoms with E-state index in [2.05, 4.69) is 72.4 Å². The molecule has 2 rings (SSSR count). The summed E-state index contributed by atoms with van der Waals surface area (Å²) in [6.45, 7) is 17.5. The number of likely N-dealkylation sites (tertiary alicyclic amines) is 1. The lowest BCUT2D eigenvalue weighted by molar-refractivity contribution is 0.292. The van der Waals surface area contributed by atoms with E-state index in [-0.39, 0.29) is 0 Å². The van der Waals surface area contributed by atoms with E-state index in [0.717, 1.165) is 38.6 Å². The van der Waals surface area contributed by atoms with Crippen LogP contribution < -0.4 is 10.6 Å². The average Bonchev–Trinajstić information content (AvgIpc) is 3.24. The molecule has 1 unspecified atom stereocenters. The number of aliphatic imine (C=N–C) groups is 1. The van der Waals surface area contributed by atoms with Gasteiger partial charge in [0.2, 0.25) is 0 Å². The summed E-state index contributed by atoms with van der Waals surface area (Å²) < 4.78 is 0. The highest BCUT2D eigenvalue weighted by molar-refractivity contribution is 5.80. The van der Waals surface area contributed by atoms with Crippen LogP contribution in [0.4, 0.5) is 0 Å². The van der Waals surface area contributed by atoms with Crippen LogP contribution in [0.15, 0.2) is 29.3 Å². The molecule has 5 nitrogen and oxygen atoms in total. The maximum Gasteiger partial charge on any atom is 0.191 e. The summed E-state index contributed by atoms with van der Waals surface area (Å²) in [6.07, 6.45) is 5.07. The van der Waals surface area contributed by atoms with E-state index in [9.17, 15) is 0 Å². The molecule has 0 bridgehead atoms. The van der Waals surface area contributed by atoms with Gasteiger partial charge in [0.15, 0.2) is 5.96 Å². The molecule has 1 saturated heterocycles. The third-order valence-electron chi connectivity index (χ3n) is 5.78. The third kappa shape index (κ3) is 9.18. The lowest BCUT2D eigenvalue weighted by Gasteiger charge is -2.21. The zero-order valence-electron chi connectivity index (χ0n) is 19.2. The van der Waals surface area contributed by atoms with Crippen molar-refractivity contribution in [2.24, 2.45) is 4.99 Å². The van der Waals surface area contributed by atoms with Crippen molar-refractivity contribution in [3.63, 3.8) is 0 Å². The van der Waals surface area contributed by atoms with Crippen LogP contribution in [0.25, 0.3) is 0 Å². The van der Waals surface area contributed by atoms with Crippen molar-refractivity contribution in [3.8, 4) is 0 Å². The summed E-state index contributed by atoms with van der Waals surface area (Å²) in [5.74, 6) is 0.920. The van der Waals surface area contributed by atoms with Gasteiger partial charge in [-0.25, -0.2) is 4.99 Å². The smallest absolute Gasteiger partial charge is 0.191 e. The first-order valence-electron chi connectivity index (χ1n) is 11.7. The largest absolute Gasteiger partial charge is 0.357 e. The van der Waals surface area contributed by atoms with Gasteiger partial charge in [-0.2, -0.15) is 0 Å². The van der Waals surface area contributed by atoms with E-state index in [1.807, 2.05) is 0 Å². The predicted octanol–water partition coefficient (Wildman–Crippen LogP) is 3.85. The zero-order valence-corrected chi connectivity index (χ0v) is 19.2. The quantitative estimate of drug-likeness (QED) is 0.412. The minimum Gasteiger partial charge on any atom is -0.357 e. The van der Waals surface area contributed by atoms with E-state index in [1.54, 1.807) is 0 Å². The SMILES string of the molecule is CCNC(=NCc1ccc(CN2CCCC2)cc1)NC(C)CCCN(CC)CC. The Morgan fingerprint density at radius 2 is 1.72 bits per heavy atom. The summed E-state index contributed by atoms with van der Waals surface area (Å²) in [4.78, 5) is 9.83. The third-order valence-corrected chi connectivity index (χ3v) is 5.78. The molecule has 1 fully saturated rings. The van der Waals surface area contributed by atoms with E-state index < -0.39 is 0 Å². The topological polar surface area (TPSA) is 42.9 Å². The van der Waals surface area contributed by atoms with Crippen molar-refractivity contribution in [1.82, 2.24) is 20.4 Å². The molecule has 0 aromatic heterocycles. The Morgan fingerprint density at radius 3 is 2.34 bits per heavy atom. The Balaban J connectivity index is 1.79. The molecule has 0 radical (unpaired) electrons. The van der Waals surface area contributed by atoms with Gasteiger partial charge in [-0.3, -0.25) is 4.90 Å². The first-order chi connectivity index (χ1) is 14.1. The molecular formula is C24H43N5. The Labute approximate surface area is 179 Å². The molecule has 164 valence electrons. The summed E-state index contributed by atoms with van der Waals surface area (Å²) in [5, 5.41) is 6.96. The van der Waals surface area contributed by atoms with Gasteiger partial charge in [0.25, 0.3) is 0 Å². The van der Waals surface area contributed by atoms with E-state index in [1.165, 1.54) is 50.0 Å². The number of guanidine groups is 1. The van der Waals surface area contributed by atoms with Crippen LogP contribution >= 0.6 is 0 Å². The van der Waals surface area contributed by atoms with Gasteiger partial charge in [-0.05, 0) is 83.4 Å². The molecule has 2 N–H and O–H groups in total. The molecule has 0 aliphatic carbocycles. The number of hydrogen-bond acceptors (Lipinski definition) is 3. The van der Waals surface area contributed by atoms with Crippen LogP contribution in [0.3, 0.4) is 0 Å². The monoisotopic (exact) mass is 401 g/mol. The number of nitrogens with zero attached hydrogens (tertiary/aromatic N) is 3. The molecule has 1 aliphatic rings. The number of rotatable bonds is 12. The van der Waals surface area contributed by atoms with Gasteiger partial charge in [-0.15, -0.1) is 0 Å². The zero-order chi connectivity index (χ0) is 20.9. The predicted molar refractivity (Wildman–Crippen MR) is 125 cm³/mol. The Kier molecular flexibility index (Phi) is 11.1. The fraction of sp³-hybridized carbons (Fsp3) is 0.708. The van der Waals surface area contributed by atoms with Crippen LogP contribution in [0.5, 0.6) is 0 Å². The Hall–Kier alpha value is -1.59. The maximum absolute atomic E-state index is 4.81. The van der Waals surface area contributed by atoms with Crippen molar-refractivity contribution in [2.45, 2.75) is 72.5 Å². The molecule has 1 aliphatic heterocycles. The fourth-order valence-electron chi connectivity index (χ4n) is 3.91. The number of hydrogen-bond donors (Lipinski definition) is 2. The molecule has 29 heavy (non-hydrogen) atoms. The van der Waals surface area contributed by atoms with E-state index >= 15 is 0 Å². The fourth-order valence-corrected chi connectivity index (χ4v) is 3.91. The molecule has 1 aromatic carbocycles. The highest BCUT2D eigenvalue weighted by Gasteiger charge is 2.11. The van der Waals surface area contributed by atoms with Crippen LogP contribution in [-0.4, -0.2) is 61.1 Å². The maximum atomic E-state index is 4.81. The molecule has 5 heteroatoms. The lowest BCUT2D eigenvalue weighted by atomic mass is 10.1. The molecular weight excluding hydrogens is 358 g/mol. The molecule has 0 amide bonds. The van der Waals surface area contributed by atoms with Gasteiger partial charge in [0.05, 0.1) is 6.54 Å². The van der Waals surface area contributed by atoms with Gasteiger partial charge >= 0.3 is 0 Å².